The molecule has 1 atom stereocenters. The van der Waals surface area contributed by atoms with Crippen molar-refractivity contribution < 1.29 is 13.2 Å². The molecule has 1 unspecified atom stereocenters. The van der Waals surface area contributed by atoms with E-state index in [1.807, 2.05) is 4.90 Å². The minimum absolute atomic E-state index is 0.00992. The van der Waals surface area contributed by atoms with Crippen molar-refractivity contribution in [2.24, 2.45) is 0 Å². The minimum atomic E-state index is -3.74. The van der Waals surface area contributed by atoms with E-state index in [-0.39, 0.29) is 16.8 Å². The summed E-state index contributed by atoms with van der Waals surface area (Å²) in [5, 5.41) is 0.330. The number of para-hydroxylation sites is 1. The first-order valence-electron chi connectivity index (χ1n) is 9.23. The van der Waals surface area contributed by atoms with Gasteiger partial charge in [0.1, 0.15) is 0 Å². The van der Waals surface area contributed by atoms with Crippen LogP contribution in [0, 0.1) is 0 Å². The summed E-state index contributed by atoms with van der Waals surface area (Å²) in [6, 6.07) is 13.3. The Bertz CT molecular complexity index is 971. The predicted molar refractivity (Wildman–Crippen MR) is 113 cm³/mol. The number of amides is 1. The molecule has 1 N–H and O–H groups in total. The second-order valence-electron chi connectivity index (χ2n) is 6.86. The molecule has 2 aromatic rings. The second-order valence-corrected chi connectivity index (χ2v) is 8.95. The highest BCUT2D eigenvalue weighted by Crippen LogP contribution is 2.24. The number of rotatable bonds is 5. The van der Waals surface area contributed by atoms with Crippen LogP contribution in [-0.4, -0.2) is 31.8 Å². The average Bonchev–Trinajstić information content (AvgIpc) is 2.68. The topological polar surface area (TPSA) is 66.5 Å². The van der Waals surface area contributed by atoms with Gasteiger partial charge in [0.15, 0.2) is 0 Å². The molecule has 0 spiro atoms. The molecule has 148 valence electrons. The average molecular weight is 419 g/mol. The highest BCUT2D eigenvalue weighted by molar-refractivity contribution is 7.92. The summed E-state index contributed by atoms with van der Waals surface area (Å²) in [7, 11) is -3.74. The van der Waals surface area contributed by atoms with Crippen LogP contribution in [0.3, 0.4) is 0 Å². The Hall–Kier alpha value is -2.31. The van der Waals surface area contributed by atoms with Crippen LogP contribution in [0.25, 0.3) is 6.08 Å². The number of anilines is 1. The molecule has 0 aliphatic carbocycles. The number of benzene rings is 2. The van der Waals surface area contributed by atoms with Crippen LogP contribution in [0.4, 0.5) is 5.69 Å². The zero-order chi connectivity index (χ0) is 20.1. The maximum absolute atomic E-state index is 12.5. The van der Waals surface area contributed by atoms with Crippen LogP contribution in [-0.2, 0) is 14.8 Å². The van der Waals surface area contributed by atoms with Gasteiger partial charge in [-0.3, -0.25) is 9.52 Å². The van der Waals surface area contributed by atoms with Crippen LogP contribution in [0.15, 0.2) is 59.5 Å². The minimum Gasteiger partial charge on any atom is -0.336 e. The first-order chi connectivity index (χ1) is 13.4. The van der Waals surface area contributed by atoms with Crippen molar-refractivity contribution in [1.29, 1.82) is 0 Å². The number of carbonyl (C=O) groups is 1. The number of piperidine rings is 1. The van der Waals surface area contributed by atoms with Crippen LogP contribution in [0.2, 0.25) is 5.02 Å². The largest absolute Gasteiger partial charge is 0.336 e. The summed E-state index contributed by atoms with van der Waals surface area (Å²) >= 11 is 6.02. The number of nitrogens with one attached hydrogen (secondary N) is 1. The molecule has 2 aromatic carbocycles. The van der Waals surface area contributed by atoms with Gasteiger partial charge in [0.25, 0.3) is 10.0 Å². The predicted octanol–water partition coefficient (Wildman–Crippen LogP) is 4.56. The Morgan fingerprint density at radius 3 is 2.54 bits per heavy atom. The summed E-state index contributed by atoms with van der Waals surface area (Å²) in [6.07, 6.45) is 6.49. The summed E-state index contributed by atoms with van der Waals surface area (Å²) in [5.41, 5.74) is 1.09. The Morgan fingerprint density at radius 2 is 1.86 bits per heavy atom. The molecule has 3 rings (SSSR count). The number of sulfonamides is 1. The lowest BCUT2D eigenvalue weighted by Crippen LogP contribution is -2.41. The number of likely N-dealkylation sites (tertiary alicyclic amines) is 1. The summed E-state index contributed by atoms with van der Waals surface area (Å²) in [5.74, 6) is -0.00992. The lowest BCUT2D eigenvalue weighted by atomic mass is 10.0. The van der Waals surface area contributed by atoms with Crippen molar-refractivity contribution in [1.82, 2.24) is 4.90 Å². The van der Waals surface area contributed by atoms with E-state index in [1.165, 1.54) is 12.1 Å². The molecule has 1 amide bonds. The van der Waals surface area contributed by atoms with Crippen molar-refractivity contribution >= 4 is 39.3 Å². The highest BCUT2D eigenvalue weighted by atomic mass is 35.5. The van der Waals surface area contributed by atoms with Gasteiger partial charge >= 0.3 is 0 Å². The van der Waals surface area contributed by atoms with E-state index in [2.05, 4.69) is 11.6 Å². The summed E-state index contributed by atoms with van der Waals surface area (Å²) < 4.78 is 27.5. The smallest absolute Gasteiger partial charge is 0.261 e. The normalized spacial score (nSPS) is 17.6. The zero-order valence-corrected chi connectivity index (χ0v) is 17.2. The van der Waals surface area contributed by atoms with Crippen molar-refractivity contribution in [2.75, 3.05) is 11.3 Å². The molecule has 0 saturated carbocycles. The molecule has 1 saturated heterocycles. The fraction of sp³-hybridized carbons (Fsp3) is 0.286. The third kappa shape index (κ3) is 4.94. The fourth-order valence-corrected chi connectivity index (χ4v) is 4.51. The van der Waals surface area contributed by atoms with E-state index in [9.17, 15) is 13.2 Å². The van der Waals surface area contributed by atoms with Gasteiger partial charge in [-0.1, -0.05) is 35.9 Å². The number of halogens is 1. The van der Waals surface area contributed by atoms with Crippen LogP contribution in [0.5, 0.6) is 0 Å². The fourth-order valence-electron chi connectivity index (χ4n) is 3.19. The Morgan fingerprint density at radius 1 is 1.14 bits per heavy atom. The maximum atomic E-state index is 12.5. The van der Waals surface area contributed by atoms with E-state index in [0.717, 1.165) is 31.4 Å². The zero-order valence-electron chi connectivity index (χ0n) is 15.6. The molecule has 0 bridgehead atoms. The van der Waals surface area contributed by atoms with Gasteiger partial charge in [0, 0.05) is 18.7 Å². The molecule has 0 radical (unpaired) electrons. The molecule has 1 aliphatic rings. The van der Waals surface area contributed by atoms with Gasteiger partial charge < -0.3 is 4.90 Å². The van der Waals surface area contributed by atoms with Crippen molar-refractivity contribution in [3.05, 3.63) is 65.2 Å². The number of hydrogen-bond donors (Lipinski definition) is 1. The standard InChI is InChI=1S/C21H23ClN2O3S/c1-16-6-4-5-15-24(16)21(25)14-11-17-9-12-18(13-10-17)28(26,27)23-20-8-3-2-7-19(20)22/h2-3,7-14,16,23H,4-6,15H2,1H3/b14-11+. The van der Waals surface area contributed by atoms with Gasteiger partial charge in [-0.15, -0.1) is 0 Å². The lowest BCUT2D eigenvalue weighted by Gasteiger charge is -2.32. The van der Waals surface area contributed by atoms with E-state index in [0.29, 0.717) is 10.7 Å². The number of carbonyl (C=O) groups excluding carboxylic acids is 1. The van der Waals surface area contributed by atoms with Gasteiger partial charge in [0.05, 0.1) is 15.6 Å². The molecule has 1 fully saturated rings. The Labute approximate surface area is 171 Å². The van der Waals surface area contributed by atoms with E-state index in [1.54, 1.807) is 48.6 Å². The first kappa shape index (κ1) is 20.4. The van der Waals surface area contributed by atoms with E-state index in [4.69, 9.17) is 11.6 Å². The van der Waals surface area contributed by atoms with Gasteiger partial charge in [-0.05, 0) is 62.1 Å². The molecule has 1 heterocycles. The molecule has 5 nitrogen and oxygen atoms in total. The molecule has 7 heteroatoms. The maximum Gasteiger partial charge on any atom is 0.261 e. The molecule has 0 aromatic heterocycles. The van der Waals surface area contributed by atoms with Gasteiger partial charge in [-0.2, -0.15) is 0 Å². The van der Waals surface area contributed by atoms with Crippen molar-refractivity contribution in [3.63, 3.8) is 0 Å². The highest BCUT2D eigenvalue weighted by Gasteiger charge is 2.21. The van der Waals surface area contributed by atoms with Crippen LogP contribution < -0.4 is 4.72 Å². The summed E-state index contributed by atoms with van der Waals surface area (Å²) in [6.45, 7) is 2.85. The molecule has 1 aliphatic heterocycles. The third-order valence-electron chi connectivity index (χ3n) is 4.81. The van der Waals surface area contributed by atoms with Crippen LogP contribution >= 0.6 is 11.6 Å². The van der Waals surface area contributed by atoms with E-state index < -0.39 is 10.0 Å². The third-order valence-corrected chi connectivity index (χ3v) is 6.52. The first-order valence-corrected chi connectivity index (χ1v) is 11.1. The Balaban J connectivity index is 1.69. The molecular formula is C21H23ClN2O3S. The van der Waals surface area contributed by atoms with Crippen molar-refractivity contribution in [2.45, 2.75) is 37.1 Å². The SMILES string of the molecule is CC1CCCCN1C(=O)/C=C/c1ccc(S(=O)(=O)Nc2ccccc2Cl)cc1. The quantitative estimate of drug-likeness (QED) is 0.724. The number of hydrogen-bond acceptors (Lipinski definition) is 3. The number of nitrogens with zero attached hydrogens (tertiary/aromatic N) is 1. The molecular weight excluding hydrogens is 396 g/mol. The monoisotopic (exact) mass is 418 g/mol. The second kappa shape index (κ2) is 8.80. The van der Waals surface area contributed by atoms with Gasteiger partial charge in [-0.25, -0.2) is 8.42 Å². The Kier molecular flexibility index (Phi) is 6.42. The van der Waals surface area contributed by atoms with Crippen LogP contribution in [0.1, 0.15) is 31.7 Å². The summed E-state index contributed by atoms with van der Waals surface area (Å²) in [4.78, 5) is 14.4. The van der Waals surface area contributed by atoms with E-state index >= 15 is 0 Å². The lowest BCUT2D eigenvalue weighted by molar-refractivity contribution is -0.129. The van der Waals surface area contributed by atoms with Crippen molar-refractivity contribution in [3.8, 4) is 0 Å². The van der Waals surface area contributed by atoms with Gasteiger partial charge in [0.2, 0.25) is 5.91 Å². The molecule has 28 heavy (non-hydrogen) atoms.